The molecule has 0 aliphatic carbocycles. The minimum absolute atomic E-state index is 1.16. The topological polar surface area (TPSA) is 9.86 Å². The molecule has 2 heterocycles. The van der Waals surface area contributed by atoms with Gasteiger partial charge in [0.2, 0.25) is 0 Å². The fourth-order valence-corrected chi connectivity index (χ4v) is 14.3. The molecular weight excluding hydrogens is 705 g/mol. The molecule has 11 rings (SSSR count). The van der Waals surface area contributed by atoms with Crippen LogP contribution in [0.1, 0.15) is 0 Å². The normalized spacial score (nSPS) is 11.9. The third-order valence-corrected chi connectivity index (χ3v) is 16.6. The lowest BCUT2D eigenvalue weighted by atomic mass is 9.97. The Morgan fingerprint density at radius 1 is 0.298 bits per heavy atom. The van der Waals surface area contributed by atoms with E-state index in [4.69, 9.17) is 0 Å². The summed E-state index contributed by atoms with van der Waals surface area (Å²) in [5, 5.41) is 10.5. The monoisotopic (exact) mass is 742 g/mol. The average molecular weight is 743 g/mol. The van der Waals surface area contributed by atoms with Crippen molar-refractivity contribution >= 4 is 72.4 Å². The van der Waals surface area contributed by atoms with Crippen molar-refractivity contribution < 1.29 is 0 Å². The summed E-state index contributed by atoms with van der Waals surface area (Å²) in [6, 6.07) is 85.2. The Bertz CT molecular complexity index is 3110. The first-order valence-electron chi connectivity index (χ1n) is 19.7. The number of rotatable bonds is 7. The standard InChI is InChI=1S/C54H38N2Si/c1-6-20-39(21-7-1)53-51(36-37-52-54(53)46-31-17-19-33-49(46)55(52)40-22-8-2-9-23-40)56-48-32-18-16-30-45(48)47-38-44(34-35-50(47)56)57(41-24-10-3-11-25-41,42-26-12-4-13-27-42)43-28-14-5-15-29-43/h1-38H. The molecule has 2 aromatic heterocycles. The first-order chi connectivity index (χ1) is 28.3. The maximum absolute atomic E-state index is 2.75. The number of nitrogens with zero attached hydrogens (tertiary/aromatic N) is 2. The van der Waals surface area contributed by atoms with Crippen LogP contribution in [-0.4, -0.2) is 17.2 Å². The second kappa shape index (κ2) is 13.5. The van der Waals surface area contributed by atoms with E-state index in [9.17, 15) is 0 Å². The van der Waals surface area contributed by atoms with Crippen LogP contribution in [0.4, 0.5) is 0 Å². The van der Waals surface area contributed by atoms with Gasteiger partial charge in [0.05, 0.1) is 27.8 Å². The van der Waals surface area contributed by atoms with Gasteiger partial charge < -0.3 is 9.13 Å². The lowest BCUT2D eigenvalue weighted by Crippen LogP contribution is -2.74. The largest absolute Gasteiger partial charge is 0.309 e. The highest BCUT2D eigenvalue weighted by Crippen LogP contribution is 2.44. The van der Waals surface area contributed by atoms with Gasteiger partial charge in [-0.05, 0) is 68.8 Å². The molecule has 0 N–H and O–H groups in total. The molecular formula is C54H38N2Si. The van der Waals surface area contributed by atoms with Gasteiger partial charge in [0, 0.05) is 32.8 Å². The SMILES string of the molecule is c1ccc(-c2c(-n3c4ccccc4c4cc([Si](c5ccccc5)(c5ccccc5)c5ccccc5)ccc43)ccc3c2c2ccccc2n3-c2ccccc2)cc1. The molecule has 0 fully saturated rings. The van der Waals surface area contributed by atoms with Gasteiger partial charge in [-0.1, -0.05) is 188 Å². The summed E-state index contributed by atoms with van der Waals surface area (Å²) in [7, 11) is -2.75. The summed E-state index contributed by atoms with van der Waals surface area (Å²) in [5.41, 5.74) is 9.53. The van der Waals surface area contributed by atoms with Crippen LogP contribution >= 0.6 is 0 Å². The van der Waals surface area contributed by atoms with E-state index in [1.54, 1.807) is 0 Å². The van der Waals surface area contributed by atoms with Gasteiger partial charge in [-0.15, -0.1) is 0 Å². The van der Waals surface area contributed by atoms with Crippen LogP contribution in [0.2, 0.25) is 0 Å². The van der Waals surface area contributed by atoms with Crippen molar-refractivity contribution in [2.45, 2.75) is 0 Å². The molecule has 0 atom stereocenters. The number of hydrogen-bond donors (Lipinski definition) is 0. The van der Waals surface area contributed by atoms with Gasteiger partial charge >= 0.3 is 0 Å². The van der Waals surface area contributed by atoms with Crippen LogP contribution in [0.15, 0.2) is 231 Å². The summed E-state index contributed by atoms with van der Waals surface area (Å²) in [6.45, 7) is 0. The number of aromatic nitrogens is 2. The molecule has 0 radical (unpaired) electrons. The molecule has 0 bridgehead atoms. The molecule has 0 amide bonds. The number of benzene rings is 9. The zero-order chi connectivity index (χ0) is 37.8. The molecule has 9 aromatic carbocycles. The van der Waals surface area contributed by atoms with Crippen molar-refractivity contribution in [3.8, 4) is 22.5 Å². The third-order valence-electron chi connectivity index (χ3n) is 11.9. The van der Waals surface area contributed by atoms with Crippen molar-refractivity contribution in [3.05, 3.63) is 231 Å². The molecule has 0 aliphatic rings. The molecule has 0 aliphatic heterocycles. The Morgan fingerprint density at radius 3 is 1.35 bits per heavy atom. The predicted octanol–water partition coefficient (Wildman–Crippen LogP) is 10.9. The summed E-state index contributed by atoms with van der Waals surface area (Å²) in [6.07, 6.45) is 0. The summed E-state index contributed by atoms with van der Waals surface area (Å²) in [5.74, 6) is 0. The highest BCUT2D eigenvalue weighted by Gasteiger charge is 2.41. The van der Waals surface area contributed by atoms with Crippen molar-refractivity contribution in [2.75, 3.05) is 0 Å². The molecule has 268 valence electrons. The van der Waals surface area contributed by atoms with Crippen molar-refractivity contribution in [3.63, 3.8) is 0 Å². The zero-order valence-corrected chi connectivity index (χ0v) is 32.3. The number of fused-ring (bicyclic) bond motifs is 6. The second-order valence-corrected chi connectivity index (χ2v) is 18.6. The van der Waals surface area contributed by atoms with E-state index in [1.807, 2.05) is 0 Å². The molecule has 57 heavy (non-hydrogen) atoms. The molecule has 0 unspecified atom stereocenters. The van der Waals surface area contributed by atoms with Gasteiger partial charge in [0.25, 0.3) is 0 Å². The van der Waals surface area contributed by atoms with Crippen molar-refractivity contribution in [1.82, 2.24) is 9.13 Å². The van der Waals surface area contributed by atoms with E-state index in [1.165, 1.54) is 81.2 Å². The highest BCUT2D eigenvalue weighted by atomic mass is 28.3. The van der Waals surface area contributed by atoms with E-state index >= 15 is 0 Å². The Morgan fingerprint density at radius 2 is 0.754 bits per heavy atom. The fourth-order valence-electron chi connectivity index (χ4n) is 9.52. The molecule has 11 aromatic rings. The molecule has 0 saturated heterocycles. The van der Waals surface area contributed by atoms with Crippen LogP contribution in [0, 0.1) is 0 Å². The van der Waals surface area contributed by atoms with Gasteiger partial charge in [-0.25, -0.2) is 0 Å². The predicted molar refractivity (Wildman–Crippen MR) is 244 cm³/mol. The number of hydrogen-bond acceptors (Lipinski definition) is 0. The first-order valence-corrected chi connectivity index (χ1v) is 21.7. The summed E-state index contributed by atoms with van der Waals surface area (Å²) < 4.78 is 4.93. The highest BCUT2D eigenvalue weighted by molar-refractivity contribution is 7.20. The average Bonchev–Trinajstić information content (AvgIpc) is 3.81. The van der Waals surface area contributed by atoms with Crippen molar-refractivity contribution in [1.29, 1.82) is 0 Å². The third kappa shape index (κ3) is 5.10. The Hall–Kier alpha value is -7.20. The van der Waals surface area contributed by atoms with Gasteiger partial charge in [-0.2, -0.15) is 0 Å². The van der Waals surface area contributed by atoms with Gasteiger partial charge in [0.15, 0.2) is 8.07 Å². The minimum Gasteiger partial charge on any atom is -0.309 e. The maximum Gasteiger partial charge on any atom is 0.179 e. The lowest BCUT2D eigenvalue weighted by Gasteiger charge is -2.34. The van der Waals surface area contributed by atoms with Gasteiger partial charge in [0.1, 0.15) is 0 Å². The van der Waals surface area contributed by atoms with E-state index in [0.29, 0.717) is 0 Å². The van der Waals surface area contributed by atoms with Crippen LogP contribution in [0.5, 0.6) is 0 Å². The lowest BCUT2D eigenvalue weighted by molar-refractivity contribution is 1.17. The van der Waals surface area contributed by atoms with Gasteiger partial charge in [-0.3, -0.25) is 0 Å². The van der Waals surface area contributed by atoms with E-state index in [0.717, 1.165) is 5.69 Å². The maximum atomic E-state index is 2.52. The summed E-state index contributed by atoms with van der Waals surface area (Å²) in [4.78, 5) is 0. The number of para-hydroxylation sites is 3. The van der Waals surface area contributed by atoms with E-state index < -0.39 is 8.07 Å². The van der Waals surface area contributed by atoms with E-state index in [-0.39, 0.29) is 0 Å². The summed E-state index contributed by atoms with van der Waals surface area (Å²) >= 11 is 0. The van der Waals surface area contributed by atoms with Crippen LogP contribution < -0.4 is 20.7 Å². The first kappa shape index (κ1) is 33.2. The van der Waals surface area contributed by atoms with Crippen LogP contribution in [0.3, 0.4) is 0 Å². The van der Waals surface area contributed by atoms with E-state index in [2.05, 4.69) is 240 Å². The van der Waals surface area contributed by atoms with Crippen LogP contribution in [0.25, 0.3) is 66.1 Å². The smallest absolute Gasteiger partial charge is 0.179 e. The Balaban J connectivity index is 1.25. The molecule has 3 heteroatoms. The fraction of sp³-hybridized carbons (Fsp3) is 0. The molecule has 0 saturated carbocycles. The van der Waals surface area contributed by atoms with Crippen LogP contribution in [-0.2, 0) is 0 Å². The Labute approximate surface area is 333 Å². The van der Waals surface area contributed by atoms with Crippen molar-refractivity contribution in [2.24, 2.45) is 0 Å². The molecule has 0 spiro atoms. The second-order valence-electron chi connectivity index (χ2n) is 14.8. The minimum atomic E-state index is -2.75. The quantitative estimate of drug-likeness (QED) is 0.114. The Kier molecular flexibility index (Phi) is 7.87. The zero-order valence-electron chi connectivity index (χ0n) is 31.3. The molecule has 2 nitrogen and oxygen atoms in total.